The first-order chi connectivity index (χ1) is 15.5. The van der Waals surface area contributed by atoms with Crippen LogP contribution in [0.3, 0.4) is 0 Å². The number of rotatable bonds is 3. The van der Waals surface area contributed by atoms with Crippen molar-refractivity contribution in [2.24, 2.45) is 0 Å². The van der Waals surface area contributed by atoms with Crippen molar-refractivity contribution in [2.75, 3.05) is 36.8 Å². The van der Waals surface area contributed by atoms with Gasteiger partial charge in [-0.05, 0) is 24.3 Å². The molecule has 0 spiro atoms. The van der Waals surface area contributed by atoms with Crippen LogP contribution >= 0.6 is 11.6 Å². The van der Waals surface area contributed by atoms with E-state index in [1.165, 1.54) is 0 Å². The Balaban J connectivity index is 1.64. The molecule has 4 aromatic rings. The van der Waals surface area contributed by atoms with Gasteiger partial charge in [-0.2, -0.15) is 4.98 Å². The van der Waals surface area contributed by atoms with Crippen LogP contribution in [0.2, 0.25) is 5.02 Å². The largest absolute Gasteiger partial charge is 0.383 e. The molecular weight excluding hydrogens is 426 g/mol. The number of halogens is 1. The van der Waals surface area contributed by atoms with E-state index < -0.39 is 0 Å². The zero-order chi connectivity index (χ0) is 22.2. The topological polar surface area (TPSA) is 93.2 Å². The van der Waals surface area contributed by atoms with Crippen molar-refractivity contribution in [1.82, 2.24) is 24.6 Å². The first-order valence-electron chi connectivity index (χ1n) is 10.4. The van der Waals surface area contributed by atoms with E-state index in [9.17, 15) is 4.79 Å². The third-order valence-electron chi connectivity index (χ3n) is 5.68. The van der Waals surface area contributed by atoms with Crippen LogP contribution in [0.25, 0.3) is 28.0 Å². The molecule has 2 aromatic heterocycles. The lowest BCUT2D eigenvalue weighted by atomic mass is 10.1. The van der Waals surface area contributed by atoms with Gasteiger partial charge in [-0.1, -0.05) is 41.9 Å². The fraction of sp³-hybridized carbons (Fsp3) is 0.217. The monoisotopic (exact) mass is 447 g/mol. The predicted molar refractivity (Wildman–Crippen MR) is 126 cm³/mol. The van der Waals surface area contributed by atoms with Crippen molar-refractivity contribution >= 4 is 40.3 Å². The number of nitrogens with two attached hydrogens (primary N) is 1. The van der Waals surface area contributed by atoms with Crippen LogP contribution in [-0.4, -0.2) is 56.7 Å². The molecule has 0 atom stereocenters. The molecule has 1 aliphatic heterocycles. The Morgan fingerprint density at radius 3 is 2.31 bits per heavy atom. The molecule has 1 amide bonds. The van der Waals surface area contributed by atoms with Gasteiger partial charge in [-0.25, -0.2) is 9.67 Å². The van der Waals surface area contributed by atoms with Gasteiger partial charge >= 0.3 is 0 Å². The molecule has 9 heteroatoms. The highest BCUT2D eigenvalue weighted by molar-refractivity contribution is 6.30. The van der Waals surface area contributed by atoms with Gasteiger partial charge in [0.15, 0.2) is 5.65 Å². The van der Waals surface area contributed by atoms with E-state index >= 15 is 0 Å². The molecule has 162 valence electrons. The maximum Gasteiger partial charge on any atom is 0.228 e. The minimum Gasteiger partial charge on any atom is -0.383 e. The molecule has 1 aliphatic rings. The number of fused-ring (bicyclic) bond motifs is 1. The molecular formula is C23H22ClN7O. The van der Waals surface area contributed by atoms with Crippen molar-refractivity contribution < 1.29 is 4.79 Å². The van der Waals surface area contributed by atoms with Crippen LogP contribution < -0.4 is 10.6 Å². The molecule has 5 rings (SSSR count). The number of piperazine rings is 1. The number of nitrogen functional groups attached to an aromatic ring is 1. The van der Waals surface area contributed by atoms with Crippen LogP contribution in [0.1, 0.15) is 6.92 Å². The molecule has 32 heavy (non-hydrogen) atoms. The third-order valence-corrected chi connectivity index (χ3v) is 5.94. The molecule has 0 radical (unpaired) electrons. The van der Waals surface area contributed by atoms with Crippen molar-refractivity contribution in [1.29, 1.82) is 0 Å². The number of carbonyl (C=O) groups excluding carboxylic acids is 1. The molecule has 3 heterocycles. The fourth-order valence-electron chi connectivity index (χ4n) is 3.95. The summed E-state index contributed by atoms with van der Waals surface area (Å²) in [5.74, 6) is 1.13. The molecule has 1 saturated heterocycles. The lowest BCUT2D eigenvalue weighted by Gasteiger charge is -2.34. The fourth-order valence-corrected chi connectivity index (χ4v) is 4.07. The Hall–Kier alpha value is -3.65. The first kappa shape index (κ1) is 20.3. The SMILES string of the molecule is CC(=O)N1CCN(c2nc(-c3ccccc3)c3c(N)n(-c4ccc(Cl)cc4)nc3n2)CC1. The number of carbonyl (C=O) groups is 1. The van der Waals surface area contributed by atoms with Crippen LogP contribution in [-0.2, 0) is 4.79 Å². The first-order valence-corrected chi connectivity index (χ1v) is 10.8. The van der Waals surface area contributed by atoms with Gasteiger partial charge in [-0.15, -0.1) is 5.10 Å². The zero-order valence-corrected chi connectivity index (χ0v) is 18.3. The lowest BCUT2D eigenvalue weighted by Crippen LogP contribution is -2.48. The van der Waals surface area contributed by atoms with Gasteiger partial charge in [0.2, 0.25) is 11.9 Å². The minimum absolute atomic E-state index is 0.0838. The minimum atomic E-state index is 0.0838. The van der Waals surface area contributed by atoms with E-state index in [4.69, 9.17) is 32.4 Å². The summed E-state index contributed by atoms with van der Waals surface area (Å²) in [4.78, 5) is 25.3. The van der Waals surface area contributed by atoms with Crippen molar-refractivity contribution in [3.8, 4) is 16.9 Å². The van der Waals surface area contributed by atoms with Crippen molar-refractivity contribution in [3.05, 3.63) is 59.6 Å². The molecule has 2 aromatic carbocycles. The lowest BCUT2D eigenvalue weighted by molar-refractivity contribution is -0.129. The normalized spacial score (nSPS) is 14.2. The van der Waals surface area contributed by atoms with E-state index in [2.05, 4.69) is 4.90 Å². The van der Waals surface area contributed by atoms with Crippen molar-refractivity contribution in [3.63, 3.8) is 0 Å². The van der Waals surface area contributed by atoms with Gasteiger partial charge in [-0.3, -0.25) is 4.79 Å². The molecule has 0 unspecified atom stereocenters. The number of benzene rings is 2. The molecule has 8 nitrogen and oxygen atoms in total. The highest BCUT2D eigenvalue weighted by Crippen LogP contribution is 2.33. The summed E-state index contributed by atoms with van der Waals surface area (Å²) < 4.78 is 1.67. The second kappa shape index (κ2) is 8.12. The molecule has 0 aliphatic carbocycles. The molecule has 2 N–H and O–H groups in total. The summed E-state index contributed by atoms with van der Waals surface area (Å²) in [5.41, 5.74) is 9.54. The quantitative estimate of drug-likeness (QED) is 0.517. The molecule has 0 bridgehead atoms. The number of hydrogen-bond donors (Lipinski definition) is 1. The van der Waals surface area contributed by atoms with Crippen molar-refractivity contribution in [2.45, 2.75) is 6.92 Å². The van der Waals surface area contributed by atoms with Gasteiger partial charge in [0.05, 0.1) is 16.8 Å². The van der Waals surface area contributed by atoms with Crippen LogP contribution in [0.15, 0.2) is 54.6 Å². The second-order valence-electron chi connectivity index (χ2n) is 7.70. The number of aromatic nitrogens is 4. The van der Waals surface area contributed by atoms with E-state index in [1.807, 2.05) is 47.4 Å². The summed E-state index contributed by atoms with van der Waals surface area (Å²) in [6, 6.07) is 17.2. The van der Waals surface area contributed by atoms with Gasteiger partial charge < -0.3 is 15.5 Å². The van der Waals surface area contributed by atoms with Crippen LogP contribution in [0, 0.1) is 0 Å². The smallest absolute Gasteiger partial charge is 0.228 e. The van der Waals surface area contributed by atoms with Gasteiger partial charge in [0, 0.05) is 43.7 Å². The summed E-state index contributed by atoms with van der Waals surface area (Å²) in [7, 11) is 0. The summed E-state index contributed by atoms with van der Waals surface area (Å²) >= 11 is 6.05. The van der Waals surface area contributed by atoms with Gasteiger partial charge in [0.1, 0.15) is 5.82 Å². The van der Waals surface area contributed by atoms with Gasteiger partial charge in [0.25, 0.3) is 0 Å². The highest BCUT2D eigenvalue weighted by atomic mass is 35.5. The third kappa shape index (κ3) is 3.62. The maximum atomic E-state index is 11.7. The molecule has 1 fully saturated rings. The Kier molecular flexibility index (Phi) is 5.14. The highest BCUT2D eigenvalue weighted by Gasteiger charge is 2.24. The summed E-state index contributed by atoms with van der Waals surface area (Å²) in [5, 5.41) is 6.05. The Morgan fingerprint density at radius 1 is 0.969 bits per heavy atom. The summed E-state index contributed by atoms with van der Waals surface area (Å²) in [6.07, 6.45) is 0. The Labute approximate surface area is 190 Å². The number of nitrogens with zero attached hydrogens (tertiary/aromatic N) is 6. The predicted octanol–water partition coefficient (Wildman–Crippen LogP) is 3.39. The average molecular weight is 448 g/mol. The maximum absolute atomic E-state index is 11.7. The number of hydrogen-bond acceptors (Lipinski definition) is 6. The standard InChI is InChI=1S/C23H22ClN7O/c1-15(32)29-11-13-30(14-12-29)23-26-20(16-5-3-2-4-6-16)19-21(25)31(28-22(19)27-23)18-9-7-17(24)8-10-18/h2-10H,11-14,25H2,1H3. The number of amides is 1. The average Bonchev–Trinajstić information content (AvgIpc) is 3.16. The molecule has 0 saturated carbocycles. The number of anilines is 2. The summed E-state index contributed by atoms with van der Waals surface area (Å²) in [6.45, 7) is 4.19. The second-order valence-corrected chi connectivity index (χ2v) is 8.14. The Morgan fingerprint density at radius 2 is 1.66 bits per heavy atom. The van der Waals surface area contributed by atoms with E-state index in [0.29, 0.717) is 54.0 Å². The Bertz CT molecular complexity index is 1280. The van der Waals surface area contributed by atoms with E-state index in [-0.39, 0.29) is 5.91 Å². The van der Waals surface area contributed by atoms with E-state index in [0.717, 1.165) is 16.9 Å². The van der Waals surface area contributed by atoms with Crippen LogP contribution in [0.4, 0.5) is 11.8 Å². The zero-order valence-electron chi connectivity index (χ0n) is 17.6. The van der Waals surface area contributed by atoms with Crippen LogP contribution in [0.5, 0.6) is 0 Å². The van der Waals surface area contributed by atoms with E-state index in [1.54, 1.807) is 23.7 Å².